The molecule has 0 saturated carbocycles. The Labute approximate surface area is 127 Å². The van der Waals surface area contributed by atoms with Crippen molar-refractivity contribution in [1.82, 2.24) is 4.98 Å². The molecule has 0 fully saturated rings. The molecule has 0 bridgehead atoms. The first-order valence-electron chi connectivity index (χ1n) is 6.31. The van der Waals surface area contributed by atoms with Crippen molar-refractivity contribution >= 4 is 29.4 Å². The number of hydrogen-bond donors (Lipinski definition) is 2. The van der Waals surface area contributed by atoms with Crippen LogP contribution in [0.25, 0.3) is 6.08 Å². The maximum Gasteiger partial charge on any atom is 0.352 e. The molecule has 1 aromatic heterocycles. The topological polar surface area (TPSA) is 70.2 Å². The van der Waals surface area contributed by atoms with E-state index in [1.165, 1.54) is 6.08 Å². The summed E-state index contributed by atoms with van der Waals surface area (Å²) in [5.41, 5.74) is 2.14. The molecule has 2 aromatic rings. The number of aromatic amines is 1. The molecule has 0 amide bonds. The highest BCUT2D eigenvalue weighted by molar-refractivity contribution is 6.32. The number of benzene rings is 1. The minimum Gasteiger partial charge on any atom is -0.477 e. The Morgan fingerprint density at radius 2 is 1.90 bits per heavy atom. The molecule has 4 nitrogen and oxygen atoms in total. The molecule has 0 aliphatic heterocycles. The van der Waals surface area contributed by atoms with E-state index >= 15 is 0 Å². The third-order valence-electron chi connectivity index (χ3n) is 3.22. The van der Waals surface area contributed by atoms with Crippen LogP contribution in [0.2, 0.25) is 5.02 Å². The van der Waals surface area contributed by atoms with Crippen molar-refractivity contribution in [3.8, 4) is 0 Å². The molecule has 21 heavy (non-hydrogen) atoms. The predicted molar refractivity (Wildman–Crippen MR) is 82.0 cm³/mol. The number of halogens is 1. The van der Waals surface area contributed by atoms with Crippen molar-refractivity contribution in [2.24, 2.45) is 0 Å². The van der Waals surface area contributed by atoms with E-state index in [0.29, 0.717) is 21.8 Å². The van der Waals surface area contributed by atoms with Gasteiger partial charge in [-0.15, -0.1) is 0 Å². The minimum atomic E-state index is -1.08. The number of nitrogens with one attached hydrogen (secondary N) is 1. The van der Waals surface area contributed by atoms with Crippen molar-refractivity contribution in [3.63, 3.8) is 0 Å². The maximum absolute atomic E-state index is 12.3. The third-order valence-corrected chi connectivity index (χ3v) is 3.56. The smallest absolute Gasteiger partial charge is 0.352 e. The van der Waals surface area contributed by atoms with Crippen molar-refractivity contribution < 1.29 is 14.7 Å². The third kappa shape index (κ3) is 3.06. The molecule has 1 aromatic carbocycles. The molecule has 0 saturated heterocycles. The number of aromatic nitrogens is 1. The Hall–Kier alpha value is -2.33. The Balaban J connectivity index is 2.34. The predicted octanol–water partition coefficient (Wildman–Crippen LogP) is 3.88. The van der Waals surface area contributed by atoms with Crippen molar-refractivity contribution in [2.45, 2.75) is 13.8 Å². The summed E-state index contributed by atoms with van der Waals surface area (Å²) >= 11 is 6.02. The maximum atomic E-state index is 12.3. The van der Waals surface area contributed by atoms with Crippen LogP contribution in [-0.4, -0.2) is 21.8 Å². The van der Waals surface area contributed by atoms with E-state index in [0.717, 1.165) is 5.56 Å². The van der Waals surface area contributed by atoms with Crippen LogP contribution in [0, 0.1) is 13.8 Å². The van der Waals surface area contributed by atoms with Crippen LogP contribution >= 0.6 is 11.6 Å². The average molecular weight is 304 g/mol. The number of carboxylic acids is 1. The van der Waals surface area contributed by atoms with E-state index in [9.17, 15) is 9.59 Å². The standard InChI is InChI=1S/C16H14ClNO3/c1-9-14(10(2)18-15(9)16(20)21)13(19)8-7-11-5-3-4-6-12(11)17/h3-8,18H,1-2H3,(H,20,21)/b8-7+. The molecule has 0 atom stereocenters. The molecule has 5 heteroatoms. The van der Waals surface area contributed by atoms with Gasteiger partial charge in [-0.2, -0.15) is 0 Å². The second-order valence-electron chi connectivity index (χ2n) is 4.65. The zero-order valence-electron chi connectivity index (χ0n) is 11.6. The molecular formula is C16H14ClNO3. The fraction of sp³-hybridized carbons (Fsp3) is 0.125. The first kappa shape index (κ1) is 15.1. The fourth-order valence-corrected chi connectivity index (χ4v) is 2.39. The molecule has 0 unspecified atom stereocenters. The van der Waals surface area contributed by atoms with Gasteiger partial charge in [0.05, 0.1) is 0 Å². The lowest BCUT2D eigenvalue weighted by Crippen LogP contribution is -2.01. The first-order valence-corrected chi connectivity index (χ1v) is 6.69. The Morgan fingerprint density at radius 3 is 2.48 bits per heavy atom. The number of allylic oxidation sites excluding steroid dienone is 1. The Bertz CT molecular complexity index is 744. The van der Waals surface area contributed by atoms with Gasteiger partial charge in [0.15, 0.2) is 5.78 Å². The lowest BCUT2D eigenvalue weighted by atomic mass is 10.0. The minimum absolute atomic E-state index is 0.0435. The summed E-state index contributed by atoms with van der Waals surface area (Å²) in [6.45, 7) is 3.29. The van der Waals surface area contributed by atoms with Crippen LogP contribution < -0.4 is 0 Å². The summed E-state index contributed by atoms with van der Waals surface area (Å²) in [6, 6.07) is 7.17. The van der Waals surface area contributed by atoms with Crippen LogP contribution in [0.4, 0.5) is 0 Å². The van der Waals surface area contributed by atoms with Gasteiger partial charge in [-0.1, -0.05) is 29.8 Å². The number of H-pyrrole nitrogens is 1. The second-order valence-corrected chi connectivity index (χ2v) is 5.06. The van der Waals surface area contributed by atoms with Gasteiger partial charge in [-0.3, -0.25) is 4.79 Å². The van der Waals surface area contributed by atoms with Crippen molar-refractivity contribution in [2.75, 3.05) is 0 Å². The number of rotatable bonds is 4. The molecule has 0 aliphatic carbocycles. The highest BCUT2D eigenvalue weighted by atomic mass is 35.5. The molecule has 2 rings (SSSR count). The molecule has 0 spiro atoms. The Morgan fingerprint density at radius 1 is 1.24 bits per heavy atom. The van der Waals surface area contributed by atoms with E-state index in [-0.39, 0.29) is 11.5 Å². The Kier molecular flexibility index (Phi) is 4.29. The van der Waals surface area contributed by atoms with E-state index in [2.05, 4.69) is 4.98 Å². The molecule has 0 aliphatic rings. The van der Waals surface area contributed by atoms with Gasteiger partial charge < -0.3 is 10.1 Å². The first-order chi connectivity index (χ1) is 9.91. The molecule has 1 heterocycles. The van der Waals surface area contributed by atoms with Crippen LogP contribution in [0.15, 0.2) is 30.3 Å². The highest BCUT2D eigenvalue weighted by Gasteiger charge is 2.19. The molecule has 2 N–H and O–H groups in total. The van der Waals surface area contributed by atoms with E-state index in [1.807, 2.05) is 6.07 Å². The normalized spacial score (nSPS) is 11.0. The van der Waals surface area contributed by atoms with Crippen LogP contribution in [0.1, 0.15) is 37.7 Å². The largest absolute Gasteiger partial charge is 0.477 e. The number of aryl methyl sites for hydroxylation is 1. The number of ketones is 1. The van der Waals surface area contributed by atoms with Gasteiger partial charge >= 0.3 is 5.97 Å². The zero-order chi connectivity index (χ0) is 15.6. The number of aromatic carboxylic acids is 1. The van der Waals surface area contributed by atoms with Gasteiger partial charge in [0.1, 0.15) is 5.69 Å². The highest BCUT2D eigenvalue weighted by Crippen LogP contribution is 2.21. The summed E-state index contributed by atoms with van der Waals surface area (Å²) in [6.07, 6.45) is 3.02. The molecule has 0 radical (unpaired) electrons. The summed E-state index contributed by atoms with van der Waals surface area (Å²) < 4.78 is 0. The number of carbonyl (C=O) groups excluding carboxylic acids is 1. The summed E-state index contributed by atoms with van der Waals surface area (Å²) in [5.74, 6) is -1.33. The van der Waals surface area contributed by atoms with Crippen LogP contribution in [0.3, 0.4) is 0 Å². The monoisotopic (exact) mass is 303 g/mol. The summed E-state index contributed by atoms with van der Waals surface area (Å²) in [4.78, 5) is 26.0. The SMILES string of the molecule is Cc1[nH]c(C(=O)O)c(C)c1C(=O)/C=C/c1ccccc1Cl. The van der Waals surface area contributed by atoms with E-state index in [4.69, 9.17) is 16.7 Å². The number of carbonyl (C=O) groups is 2. The van der Waals surface area contributed by atoms with Gasteiger partial charge in [0, 0.05) is 16.3 Å². The van der Waals surface area contributed by atoms with E-state index in [1.54, 1.807) is 38.1 Å². The summed E-state index contributed by atoms with van der Waals surface area (Å²) in [7, 11) is 0. The van der Waals surface area contributed by atoms with Crippen molar-refractivity contribution in [1.29, 1.82) is 0 Å². The fourth-order valence-electron chi connectivity index (χ4n) is 2.19. The van der Waals surface area contributed by atoms with Crippen LogP contribution in [-0.2, 0) is 0 Å². The zero-order valence-corrected chi connectivity index (χ0v) is 12.4. The molecule has 108 valence electrons. The number of hydrogen-bond acceptors (Lipinski definition) is 2. The van der Waals surface area contributed by atoms with Crippen LogP contribution in [0.5, 0.6) is 0 Å². The quantitative estimate of drug-likeness (QED) is 0.665. The second kappa shape index (κ2) is 5.97. The lowest BCUT2D eigenvalue weighted by Gasteiger charge is -1.99. The average Bonchev–Trinajstić information content (AvgIpc) is 2.73. The lowest BCUT2D eigenvalue weighted by molar-refractivity contribution is 0.0690. The molecular weight excluding hydrogens is 290 g/mol. The van der Waals surface area contributed by atoms with E-state index < -0.39 is 5.97 Å². The summed E-state index contributed by atoms with van der Waals surface area (Å²) in [5, 5.41) is 9.60. The number of carboxylic acid groups (broad SMARTS) is 1. The van der Waals surface area contributed by atoms with Gasteiger partial charge in [-0.25, -0.2) is 4.79 Å². The van der Waals surface area contributed by atoms with Gasteiger partial charge in [0.25, 0.3) is 0 Å². The van der Waals surface area contributed by atoms with Gasteiger partial charge in [0.2, 0.25) is 0 Å². The van der Waals surface area contributed by atoms with Crippen molar-refractivity contribution in [3.05, 3.63) is 63.4 Å². The van der Waals surface area contributed by atoms with Gasteiger partial charge in [-0.05, 0) is 43.2 Å².